The van der Waals surface area contributed by atoms with Gasteiger partial charge in [-0.2, -0.15) is 0 Å². The molecule has 0 bridgehead atoms. The molecule has 1 saturated heterocycles. The van der Waals surface area contributed by atoms with Crippen LogP contribution in [0.3, 0.4) is 0 Å². The molecule has 1 aromatic heterocycles. The van der Waals surface area contributed by atoms with Gasteiger partial charge in [0.05, 0.1) is 10.6 Å². The minimum absolute atomic E-state index is 0.0576. The van der Waals surface area contributed by atoms with Crippen LogP contribution in [0.25, 0.3) is 0 Å². The molecule has 21 heavy (non-hydrogen) atoms. The van der Waals surface area contributed by atoms with Crippen molar-refractivity contribution in [1.82, 2.24) is 9.88 Å². The molecule has 2 fully saturated rings. The highest BCUT2D eigenvalue weighted by molar-refractivity contribution is 6.41. The van der Waals surface area contributed by atoms with Gasteiger partial charge in [-0.3, -0.25) is 4.79 Å². The van der Waals surface area contributed by atoms with Gasteiger partial charge in [0.25, 0.3) is 5.91 Å². The Kier molecular flexibility index (Phi) is 3.80. The van der Waals surface area contributed by atoms with E-state index in [1.54, 1.807) is 0 Å². The van der Waals surface area contributed by atoms with Gasteiger partial charge in [0.15, 0.2) is 0 Å². The van der Waals surface area contributed by atoms with Crippen molar-refractivity contribution in [2.45, 2.75) is 25.3 Å². The van der Waals surface area contributed by atoms with Crippen LogP contribution in [0.4, 0.5) is 0 Å². The number of hydrogen-bond acceptors (Lipinski definition) is 3. The van der Waals surface area contributed by atoms with Gasteiger partial charge in [0.1, 0.15) is 11.2 Å². The van der Waals surface area contributed by atoms with E-state index in [0.717, 1.165) is 19.3 Å². The number of aliphatic carboxylic acids is 1. The highest BCUT2D eigenvalue weighted by atomic mass is 35.5. The molecule has 1 N–H and O–H groups in total. The first-order valence-corrected chi connectivity index (χ1v) is 7.59. The standard InChI is InChI=1S/C14H14Cl2N2O3/c15-10-4-8(5-17-12(10)16)13(19)18-6-7-2-1-3-9(7)11(18)14(20)21/h4-5,7,9,11H,1-3,6H2,(H,20,21). The number of rotatable bonds is 2. The summed E-state index contributed by atoms with van der Waals surface area (Å²) in [4.78, 5) is 29.4. The molecule has 1 aliphatic heterocycles. The first kappa shape index (κ1) is 14.6. The maximum Gasteiger partial charge on any atom is 0.326 e. The van der Waals surface area contributed by atoms with Crippen LogP contribution in [0.5, 0.6) is 0 Å². The molecule has 0 aromatic carbocycles. The SMILES string of the molecule is O=C(O)C1C2CCCC2CN1C(=O)c1cnc(Cl)c(Cl)c1. The Bertz CT molecular complexity index is 608. The Labute approximate surface area is 131 Å². The van der Waals surface area contributed by atoms with Crippen molar-refractivity contribution >= 4 is 35.1 Å². The molecular weight excluding hydrogens is 315 g/mol. The molecule has 2 heterocycles. The van der Waals surface area contributed by atoms with Gasteiger partial charge in [-0.15, -0.1) is 0 Å². The lowest BCUT2D eigenvalue weighted by molar-refractivity contribution is -0.142. The monoisotopic (exact) mass is 328 g/mol. The first-order chi connectivity index (χ1) is 9.99. The molecule has 3 rings (SSSR count). The van der Waals surface area contributed by atoms with E-state index >= 15 is 0 Å². The van der Waals surface area contributed by atoms with E-state index in [0.29, 0.717) is 6.54 Å². The zero-order valence-corrected chi connectivity index (χ0v) is 12.6. The summed E-state index contributed by atoms with van der Waals surface area (Å²) in [7, 11) is 0. The van der Waals surface area contributed by atoms with Crippen molar-refractivity contribution < 1.29 is 14.7 Å². The van der Waals surface area contributed by atoms with Gasteiger partial charge in [0.2, 0.25) is 0 Å². The van der Waals surface area contributed by atoms with Crippen molar-refractivity contribution in [2.75, 3.05) is 6.54 Å². The molecule has 2 aliphatic rings. The van der Waals surface area contributed by atoms with Crippen molar-refractivity contribution in [1.29, 1.82) is 0 Å². The third-order valence-corrected chi connectivity index (χ3v) is 5.13. The van der Waals surface area contributed by atoms with E-state index in [2.05, 4.69) is 4.98 Å². The van der Waals surface area contributed by atoms with E-state index in [-0.39, 0.29) is 33.5 Å². The number of aromatic nitrogens is 1. The molecule has 5 nitrogen and oxygen atoms in total. The Hall–Kier alpha value is -1.33. The number of carbonyl (C=O) groups is 2. The molecule has 112 valence electrons. The molecule has 1 amide bonds. The van der Waals surface area contributed by atoms with E-state index in [1.807, 2.05) is 0 Å². The zero-order valence-electron chi connectivity index (χ0n) is 11.1. The van der Waals surface area contributed by atoms with Crippen LogP contribution >= 0.6 is 23.2 Å². The fourth-order valence-electron chi connectivity index (χ4n) is 3.53. The number of likely N-dealkylation sites (tertiary alicyclic amines) is 1. The third-order valence-electron chi connectivity index (χ3n) is 4.45. The second-order valence-electron chi connectivity index (χ2n) is 5.59. The van der Waals surface area contributed by atoms with Crippen LogP contribution in [0.1, 0.15) is 29.6 Å². The van der Waals surface area contributed by atoms with Gasteiger partial charge in [-0.05, 0) is 30.7 Å². The number of carboxylic acid groups (broad SMARTS) is 1. The normalized spacial score (nSPS) is 27.7. The number of carbonyl (C=O) groups excluding carboxylic acids is 1. The van der Waals surface area contributed by atoms with Crippen molar-refractivity contribution in [3.05, 3.63) is 28.0 Å². The van der Waals surface area contributed by atoms with Gasteiger partial charge < -0.3 is 10.0 Å². The summed E-state index contributed by atoms with van der Waals surface area (Å²) in [5.41, 5.74) is 0.274. The fourth-order valence-corrected chi connectivity index (χ4v) is 3.80. The largest absolute Gasteiger partial charge is 0.480 e. The Morgan fingerprint density at radius 1 is 1.33 bits per heavy atom. The Morgan fingerprint density at radius 3 is 2.76 bits per heavy atom. The quantitative estimate of drug-likeness (QED) is 0.847. The van der Waals surface area contributed by atoms with Crippen LogP contribution in [0, 0.1) is 11.8 Å². The Balaban J connectivity index is 1.89. The molecule has 3 atom stereocenters. The molecule has 7 heteroatoms. The van der Waals surface area contributed by atoms with Gasteiger partial charge >= 0.3 is 5.97 Å². The van der Waals surface area contributed by atoms with Gasteiger partial charge in [0, 0.05) is 12.7 Å². The maximum absolute atomic E-state index is 12.6. The van der Waals surface area contributed by atoms with Crippen LogP contribution < -0.4 is 0 Å². The summed E-state index contributed by atoms with van der Waals surface area (Å²) in [5, 5.41) is 9.78. The average Bonchev–Trinajstić information content (AvgIpc) is 3.00. The van der Waals surface area contributed by atoms with Crippen molar-refractivity contribution in [2.24, 2.45) is 11.8 Å². The summed E-state index contributed by atoms with van der Waals surface area (Å²) in [6.07, 6.45) is 4.22. The van der Waals surface area contributed by atoms with Gasteiger partial charge in [-0.25, -0.2) is 9.78 Å². The molecule has 0 spiro atoms. The van der Waals surface area contributed by atoms with Gasteiger partial charge in [-0.1, -0.05) is 29.6 Å². The second kappa shape index (κ2) is 5.46. The fraction of sp³-hybridized carbons (Fsp3) is 0.500. The zero-order chi connectivity index (χ0) is 15.1. The van der Waals surface area contributed by atoms with Crippen LogP contribution in [0.15, 0.2) is 12.3 Å². The lowest BCUT2D eigenvalue weighted by atomic mass is 9.94. The number of nitrogens with zero attached hydrogens (tertiary/aromatic N) is 2. The highest BCUT2D eigenvalue weighted by Crippen LogP contribution is 2.42. The molecule has 1 aliphatic carbocycles. The number of carboxylic acids is 1. The summed E-state index contributed by atoms with van der Waals surface area (Å²) < 4.78 is 0. The summed E-state index contributed by atoms with van der Waals surface area (Å²) in [6.45, 7) is 0.487. The van der Waals surface area contributed by atoms with Crippen molar-refractivity contribution in [3.63, 3.8) is 0 Å². The minimum atomic E-state index is -0.939. The van der Waals surface area contributed by atoms with Crippen LogP contribution in [-0.2, 0) is 4.79 Å². The maximum atomic E-state index is 12.6. The van der Waals surface area contributed by atoms with Crippen molar-refractivity contribution in [3.8, 4) is 0 Å². The van der Waals surface area contributed by atoms with Crippen LogP contribution in [0.2, 0.25) is 10.2 Å². The molecule has 1 saturated carbocycles. The molecular formula is C14H14Cl2N2O3. The van der Waals surface area contributed by atoms with E-state index in [9.17, 15) is 14.7 Å². The lowest BCUT2D eigenvalue weighted by Crippen LogP contribution is -2.43. The Morgan fingerprint density at radius 2 is 2.10 bits per heavy atom. The predicted molar refractivity (Wildman–Crippen MR) is 77.5 cm³/mol. The van der Waals surface area contributed by atoms with Crippen LogP contribution in [-0.4, -0.2) is 39.5 Å². The van der Waals surface area contributed by atoms with E-state index in [4.69, 9.17) is 23.2 Å². The number of pyridine rings is 1. The topological polar surface area (TPSA) is 70.5 Å². The predicted octanol–water partition coefficient (Wildman–Crippen LogP) is 2.71. The molecule has 3 unspecified atom stereocenters. The highest BCUT2D eigenvalue weighted by Gasteiger charge is 2.49. The summed E-state index contributed by atoms with van der Waals surface area (Å²) >= 11 is 11.6. The number of halogens is 2. The van der Waals surface area contributed by atoms with E-state index in [1.165, 1.54) is 17.2 Å². The number of fused-ring (bicyclic) bond motifs is 1. The molecule has 1 aromatic rings. The smallest absolute Gasteiger partial charge is 0.326 e. The average molecular weight is 329 g/mol. The summed E-state index contributed by atoms with van der Waals surface area (Å²) in [5.74, 6) is -0.943. The third kappa shape index (κ3) is 2.49. The summed E-state index contributed by atoms with van der Waals surface area (Å²) in [6, 6.07) is 0.686. The minimum Gasteiger partial charge on any atom is -0.480 e. The second-order valence-corrected chi connectivity index (χ2v) is 6.36. The lowest BCUT2D eigenvalue weighted by Gasteiger charge is -2.24. The van der Waals surface area contributed by atoms with E-state index < -0.39 is 12.0 Å². The first-order valence-electron chi connectivity index (χ1n) is 6.84. The molecule has 0 radical (unpaired) electrons. The number of hydrogen-bond donors (Lipinski definition) is 1. The number of amides is 1.